The highest BCUT2D eigenvalue weighted by atomic mass is 127. The summed E-state index contributed by atoms with van der Waals surface area (Å²) in [6.45, 7) is 0. The van der Waals surface area contributed by atoms with Crippen molar-refractivity contribution in [1.29, 1.82) is 0 Å². The van der Waals surface area contributed by atoms with Gasteiger partial charge >= 0.3 is 0 Å². The van der Waals surface area contributed by atoms with Gasteiger partial charge in [0, 0.05) is 25.1 Å². The second kappa shape index (κ2) is 6.64. The van der Waals surface area contributed by atoms with Gasteiger partial charge in [0.05, 0.1) is 16.5 Å². The summed E-state index contributed by atoms with van der Waals surface area (Å²) in [5.41, 5.74) is 3.22. The van der Waals surface area contributed by atoms with E-state index in [1.807, 2.05) is 48.5 Å². The van der Waals surface area contributed by atoms with Crippen LogP contribution in [0.4, 0.5) is 0 Å². The van der Waals surface area contributed by atoms with Crippen LogP contribution < -0.4 is 0 Å². The van der Waals surface area contributed by atoms with Crippen LogP contribution >= 0.6 is 50.1 Å². The monoisotopic (exact) mass is 485 g/mol. The van der Waals surface area contributed by atoms with Crippen molar-refractivity contribution in [3.8, 4) is 11.3 Å². The lowest BCUT2D eigenvalue weighted by molar-refractivity contribution is 0.102. The number of fused-ring (bicyclic) bond motifs is 1. The number of Topliss-reactive ketones (excluding diaryl/α,β-unsaturated/α-hetero) is 1. The predicted molar refractivity (Wildman–Crippen MR) is 103 cm³/mol. The number of pyridine rings is 1. The minimum Gasteiger partial charge on any atom is -0.293 e. The molecule has 0 fully saturated rings. The van der Waals surface area contributed by atoms with E-state index in [2.05, 4.69) is 38.5 Å². The third-order valence-electron chi connectivity index (χ3n) is 3.33. The van der Waals surface area contributed by atoms with Gasteiger partial charge in [0.2, 0.25) is 0 Å². The number of alkyl halides is 1. The zero-order valence-electron chi connectivity index (χ0n) is 11.3. The Morgan fingerprint density at radius 1 is 1.14 bits per heavy atom. The fraction of sp³-hybridized carbons (Fsp3) is 0.0588. The van der Waals surface area contributed by atoms with Gasteiger partial charge in [-0.3, -0.25) is 4.79 Å². The van der Waals surface area contributed by atoms with E-state index in [-0.39, 0.29) is 11.1 Å². The first-order valence-electron chi connectivity index (χ1n) is 6.54. The van der Waals surface area contributed by atoms with E-state index < -0.39 is 0 Å². The van der Waals surface area contributed by atoms with Crippen molar-refractivity contribution in [2.24, 2.45) is 0 Å². The maximum Gasteiger partial charge on any atom is 0.174 e. The molecule has 0 aliphatic carbocycles. The number of nitrogens with zero attached hydrogens (tertiary/aromatic N) is 1. The van der Waals surface area contributed by atoms with Gasteiger partial charge in [-0.05, 0) is 52.9 Å². The molecule has 110 valence electrons. The number of hydrogen-bond acceptors (Lipinski definition) is 2. The summed E-state index contributed by atoms with van der Waals surface area (Å²) in [5.74, 6) is 0.0452. The zero-order chi connectivity index (χ0) is 15.7. The Kier molecular flexibility index (Phi) is 4.80. The Morgan fingerprint density at radius 3 is 2.55 bits per heavy atom. The van der Waals surface area contributed by atoms with E-state index in [9.17, 15) is 4.79 Å². The standard InChI is InChI=1S/C17H10BrClINO/c18-9-17(22)14-8-15(10-1-3-11(19)4-2-10)21-16-7-12(20)5-6-13(14)16/h1-8H,9H2. The Balaban J connectivity index is 2.27. The van der Waals surface area contributed by atoms with Gasteiger partial charge in [-0.1, -0.05) is 45.7 Å². The van der Waals surface area contributed by atoms with Crippen LogP contribution in [0.25, 0.3) is 22.2 Å². The number of carbonyl (C=O) groups excluding carboxylic acids is 1. The van der Waals surface area contributed by atoms with E-state index in [0.29, 0.717) is 10.6 Å². The average Bonchev–Trinajstić information content (AvgIpc) is 2.53. The fourth-order valence-corrected chi connectivity index (χ4v) is 3.18. The number of hydrogen-bond donors (Lipinski definition) is 0. The summed E-state index contributed by atoms with van der Waals surface area (Å²) < 4.78 is 1.09. The minimum atomic E-state index is 0.0452. The predicted octanol–water partition coefficient (Wildman–Crippen LogP) is 5.74. The smallest absolute Gasteiger partial charge is 0.174 e. The van der Waals surface area contributed by atoms with Gasteiger partial charge in [0.25, 0.3) is 0 Å². The molecule has 5 heteroatoms. The van der Waals surface area contributed by atoms with E-state index in [1.54, 1.807) is 0 Å². The first-order valence-corrected chi connectivity index (χ1v) is 9.12. The van der Waals surface area contributed by atoms with Gasteiger partial charge in [0.1, 0.15) is 0 Å². The summed E-state index contributed by atoms with van der Waals surface area (Å²) in [7, 11) is 0. The summed E-state index contributed by atoms with van der Waals surface area (Å²) in [6.07, 6.45) is 0. The van der Waals surface area contributed by atoms with Crippen molar-refractivity contribution in [1.82, 2.24) is 4.98 Å². The van der Waals surface area contributed by atoms with E-state index >= 15 is 0 Å². The highest BCUT2D eigenvalue weighted by Gasteiger charge is 2.13. The molecule has 3 rings (SSSR count). The molecule has 0 aliphatic heterocycles. The van der Waals surface area contributed by atoms with Crippen LogP contribution in [0.1, 0.15) is 10.4 Å². The second-order valence-electron chi connectivity index (χ2n) is 4.78. The molecule has 2 aromatic carbocycles. The minimum absolute atomic E-state index is 0.0452. The van der Waals surface area contributed by atoms with Gasteiger partial charge in [0.15, 0.2) is 5.78 Å². The average molecular weight is 487 g/mol. The zero-order valence-corrected chi connectivity index (χ0v) is 15.8. The van der Waals surface area contributed by atoms with E-state index in [0.717, 1.165) is 25.7 Å². The summed E-state index contributed by atoms with van der Waals surface area (Å²) in [5, 5.41) is 1.84. The SMILES string of the molecule is O=C(CBr)c1cc(-c2ccc(Cl)cc2)nc2cc(I)ccc12. The normalized spacial score (nSPS) is 10.9. The first kappa shape index (κ1) is 15.9. The molecule has 0 unspecified atom stereocenters. The van der Waals surface area contributed by atoms with Crippen LogP contribution in [0.2, 0.25) is 5.02 Å². The lowest BCUT2D eigenvalue weighted by Gasteiger charge is -2.09. The number of rotatable bonds is 3. The molecule has 1 aromatic heterocycles. The fourth-order valence-electron chi connectivity index (χ4n) is 2.27. The van der Waals surface area contributed by atoms with Crippen LogP contribution in [-0.2, 0) is 0 Å². The molecular formula is C17H10BrClINO. The highest BCUT2D eigenvalue weighted by molar-refractivity contribution is 14.1. The lowest BCUT2D eigenvalue weighted by Crippen LogP contribution is -2.03. The lowest BCUT2D eigenvalue weighted by atomic mass is 10.0. The summed E-state index contributed by atoms with van der Waals surface area (Å²) in [6, 6.07) is 15.2. The summed E-state index contributed by atoms with van der Waals surface area (Å²) >= 11 is 11.4. The molecule has 0 saturated carbocycles. The van der Waals surface area contributed by atoms with E-state index in [4.69, 9.17) is 16.6 Å². The number of carbonyl (C=O) groups is 1. The maximum absolute atomic E-state index is 12.3. The number of halogens is 3. The largest absolute Gasteiger partial charge is 0.293 e. The number of ketones is 1. The van der Waals surface area contributed by atoms with Crippen LogP contribution in [0.3, 0.4) is 0 Å². The molecule has 0 radical (unpaired) electrons. The molecule has 0 bridgehead atoms. The Bertz CT molecular complexity index is 864. The molecule has 0 amide bonds. The molecule has 0 spiro atoms. The van der Waals surface area contributed by atoms with Gasteiger partial charge in [-0.2, -0.15) is 0 Å². The Hall–Kier alpha value is -0.980. The van der Waals surface area contributed by atoms with Crippen molar-refractivity contribution in [3.05, 3.63) is 62.7 Å². The van der Waals surface area contributed by atoms with Crippen LogP contribution in [0.15, 0.2) is 48.5 Å². The summed E-state index contributed by atoms with van der Waals surface area (Å²) in [4.78, 5) is 17.0. The third kappa shape index (κ3) is 3.19. The number of aromatic nitrogens is 1. The van der Waals surface area contributed by atoms with Crippen LogP contribution in [-0.4, -0.2) is 16.1 Å². The molecular weight excluding hydrogens is 476 g/mol. The van der Waals surface area contributed by atoms with E-state index in [1.165, 1.54) is 0 Å². The molecule has 22 heavy (non-hydrogen) atoms. The molecule has 0 aliphatic rings. The molecule has 2 nitrogen and oxygen atoms in total. The van der Waals surface area contributed by atoms with Crippen molar-refractivity contribution in [2.45, 2.75) is 0 Å². The Morgan fingerprint density at radius 2 is 1.86 bits per heavy atom. The molecule has 0 N–H and O–H groups in total. The molecule has 1 heterocycles. The highest BCUT2D eigenvalue weighted by Crippen LogP contribution is 2.27. The topological polar surface area (TPSA) is 30.0 Å². The quantitative estimate of drug-likeness (QED) is 0.269. The van der Waals surface area contributed by atoms with Gasteiger partial charge in [-0.25, -0.2) is 4.98 Å². The van der Waals surface area contributed by atoms with Gasteiger partial charge < -0.3 is 0 Å². The molecule has 3 aromatic rings. The first-order chi connectivity index (χ1) is 10.6. The van der Waals surface area contributed by atoms with Crippen LogP contribution in [0, 0.1) is 3.57 Å². The third-order valence-corrected chi connectivity index (χ3v) is 4.77. The molecule has 0 saturated heterocycles. The van der Waals surface area contributed by atoms with Gasteiger partial charge in [-0.15, -0.1) is 0 Å². The van der Waals surface area contributed by atoms with Crippen molar-refractivity contribution >= 4 is 66.8 Å². The maximum atomic E-state index is 12.3. The van der Waals surface area contributed by atoms with Crippen LogP contribution in [0.5, 0.6) is 0 Å². The number of benzene rings is 2. The second-order valence-corrected chi connectivity index (χ2v) is 7.02. The van der Waals surface area contributed by atoms with Crippen molar-refractivity contribution in [3.63, 3.8) is 0 Å². The van der Waals surface area contributed by atoms with Crippen molar-refractivity contribution in [2.75, 3.05) is 5.33 Å². The Labute approximate surface area is 155 Å². The molecule has 0 atom stereocenters. The van der Waals surface area contributed by atoms with Crippen molar-refractivity contribution < 1.29 is 4.79 Å².